The number of piperidine rings is 1. The molecule has 1 aromatic heterocycles. The largest absolute Gasteiger partial charge is 0.339 e. The summed E-state index contributed by atoms with van der Waals surface area (Å²) in [5.74, 6) is -1.13. The summed E-state index contributed by atoms with van der Waals surface area (Å²) in [6, 6.07) is 2.27. The van der Waals surface area contributed by atoms with E-state index in [1.54, 1.807) is 6.07 Å². The number of carbonyl (C=O) groups excluding carboxylic acids is 3. The molecular weight excluding hydrogens is 270 g/mol. The average molecular weight is 282 g/mol. The van der Waals surface area contributed by atoms with Crippen LogP contribution in [0.5, 0.6) is 0 Å². The summed E-state index contributed by atoms with van der Waals surface area (Å²) in [5, 5.41) is 2.95. The van der Waals surface area contributed by atoms with E-state index < -0.39 is 17.9 Å². The Balaban J connectivity index is 2.07. The lowest BCUT2D eigenvalue weighted by molar-refractivity contribution is -0.147. The first kappa shape index (κ1) is 13.5. The number of likely N-dealkylation sites (tertiary alicyclic amines) is 1. The third-order valence-corrected chi connectivity index (χ3v) is 3.14. The normalized spacial score (nSPS) is 19.5. The third kappa shape index (κ3) is 2.90. The summed E-state index contributed by atoms with van der Waals surface area (Å²) in [6.45, 7) is 0. The van der Waals surface area contributed by atoms with Gasteiger partial charge in [0, 0.05) is 24.7 Å². The molecule has 2 heterocycles. The van der Waals surface area contributed by atoms with Crippen LogP contribution in [-0.4, -0.2) is 40.7 Å². The molecule has 6 nitrogen and oxygen atoms in total. The van der Waals surface area contributed by atoms with Gasteiger partial charge in [0.15, 0.2) is 0 Å². The summed E-state index contributed by atoms with van der Waals surface area (Å²) >= 11 is 5.76. The number of nitrogens with one attached hydrogen (secondary N) is 1. The molecule has 19 heavy (non-hydrogen) atoms. The smallest absolute Gasteiger partial charge is 0.270 e. The van der Waals surface area contributed by atoms with E-state index in [0.717, 1.165) is 4.90 Å². The van der Waals surface area contributed by atoms with Gasteiger partial charge in [0.1, 0.15) is 11.7 Å². The first-order valence-electron chi connectivity index (χ1n) is 5.72. The van der Waals surface area contributed by atoms with E-state index in [1.165, 1.54) is 19.3 Å². The van der Waals surface area contributed by atoms with Crippen LogP contribution >= 0.6 is 11.6 Å². The zero-order valence-electron chi connectivity index (χ0n) is 10.2. The van der Waals surface area contributed by atoms with Gasteiger partial charge in [-0.25, -0.2) is 0 Å². The first-order valence-corrected chi connectivity index (χ1v) is 6.09. The second kappa shape index (κ2) is 5.36. The molecule has 0 aliphatic carbocycles. The molecule has 1 fully saturated rings. The Morgan fingerprint density at radius 2 is 2.26 bits per heavy atom. The predicted molar refractivity (Wildman–Crippen MR) is 67.5 cm³/mol. The van der Waals surface area contributed by atoms with Gasteiger partial charge in [0.25, 0.3) is 11.8 Å². The highest BCUT2D eigenvalue weighted by Crippen LogP contribution is 2.13. The molecule has 2 rings (SSSR count). The van der Waals surface area contributed by atoms with Gasteiger partial charge in [-0.2, -0.15) is 0 Å². The van der Waals surface area contributed by atoms with Crippen LogP contribution < -0.4 is 5.32 Å². The molecule has 0 aromatic carbocycles. The highest BCUT2D eigenvalue weighted by atomic mass is 35.5. The van der Waals surface area contributed by atoms with E-state index in [1.807, 2.05) is 0 Å². The van der Waals surface area contributed by atoms with Crippen LogP contribution in [0.2, 0.25) is 5.02 Å². The third-order valence-electron chi connectivity index (χ3n) is 2.91. The van der Waals surface area contributed by atoms with Crippen molar-refractivity contribution in [1.29, 1.82) is 0 Å². The summed E-state index contributed by atoms with van der Waals surface area (Å²) in [7, 11) is 1.40. The van der Waals surface area contributed by atoms with E-state index in [-0.39, 0.29) is 18.0 Å². The average Bonchev–Trinajstić information content (AvgIpc) is 2.39. The summed E-state index contributed by atoms with van der Waals surface area (Å²) in [4.78, 5) is 39.9. The number of rotatable bonds is 2. The Morgan fingerprint density at radius 3 is 2.95 bits per heavy atom. The summed E-state index contributed by atoms with van der Waals surface area (Å²) in [6.07, 6.45) is 1.94. The zero-order chi connectivity index (χ0) is 14.0. The molecule has 1 aliphatic rings. The number of imide groups is 1. The van der Waals surface area contributed by atoms with Crippen LogP contribution in [0.4, 0.5) is 0 Å². The minimum atomic E-state index is -0.698. The molecule has 1 aliphatic heterocycles. The van der Waals surface area contributed by atoms with Crippen LogP contribution in [0.15, 0.2) is 18.3 Å². The summed E-state index contributed by atoms with van der Waals surface area (Å²) < 4.78 is 0. The number of nitrogens with zero attached hydrogens (tertiary/aromatic N) is 2. The predicted octanol–water partition coefficient (Wildman–Crippen LogP) is 0.612. The van der Waals surface area contributed by atoms with Gasteiger partial charge in [-0.15, -0.1) is 0 Å². The number of hydrogen-bond donors (Lipinski definition) is 1. The topological polar surface area (TPSA) is 79.4 Å². The van der Waals surface area contributed by atoms with Crippen LogP contribution in [-0.2, 0) is 9.59 Å². The lowest BCUT2D eigenvalue weighted by atomic mass is 10.0. The van der Waals surface area contributed by atoms with Crippen molar-refractivity contribution in [2.75, 3.05) is 7.05 Å². The van der Waals surface area contributed by atoms with Crippen molar-refractivity contribution in [1.82, 2.24) is 15.2 Å². The molecule has 1 unspecified atom stereocenters. The van der Waals surface area contributed by atoms with Gasteiger partial charge in [0.2, 0.25) is 5.91 Å². The Kier molecular flexibility index (Phi) is 3.80. The van der Waals surface area contributed by atoms with E-state index in [9.17, 15) is 14.4 Å². The summed E-state index contributed by atoms with van der Waals surface area (Å²) in [5.41, 5.74) is 0.139. The van der Waals surface area contributed by atoms with Gasteiger partial charge in [-0.1, -0.05) is 11.6 Å². The quantitative estimate of drug-likeness (QED) is 0.806. The molecule has 0 spiro atoms. The molecule has 7 heteroatoms. The molecule has 0 radical (unpaired) electrons. The number of hydrogen-bond acceptors (Lipinski definition) is 4. The molecule has 0 bridgehead atoms. The van der Waals surface area contributed by atoms with Crippen LogP contribution in [0.25, 0.3) is 0 Å². The standard InChI is InChI=1S/C12H12ClN3O3/c1-16-10(17)3-2-8(12(16)19)15-11(18)9-6-7(13)4-5-14-9/h4-6,8H,2-3H2,1H3,(H,15,18). The van der Waals surface area contributed by atoms with Crippen molar-refractivity contribution < 1.29 is 14.4 Å². The second-order valence-corrected chi connectivity index (χ2v) is 4.65. The molecule has 1 atom stereocenters. The molecule has 1 saturated heterocycles. The fourth-order valence-corrected chi connectivity index (χ4v) is 1.97. The second-order valence-electron chi connectivity index (χ2n) is 4.22. The van der Waals surface area contributed by atoms with Gasteiger partial charge >= 0.3 is 0 Å². The fraction of sp³-hybridized carbons (Fsp3) is 0.333. The zero-order valence-corrected chi connectivity index (χ0v) is 11.0. The first-order chi connectivity index (χ1) is 8.99. The SMILES string of the molecule is CN1C(=O)CCC(NC(=O)c2cc(Cl)ccn2)C1=O. The Bertz CT molecular complexity index is 547. The molecule has 1 N–H and O–H groups in total. The Labute approximate surface area is 114 Å². The maximum Gasteiger partial charge on any atom is 0.270 e. The lowest BCUT2D eigenvalue weighted by Gasteiger charge is -2.28. The van der Waals surface area contributed by atoms with E-state index >= 15 is 0 Å². The number of carbonyl (C=O) groups is 3. The maximum atomic E-state index is 11.9. The monoisotopic (exact) mass is 281 g/mol. The highest BCUT2D eigenvalue weighted by Gasteiger charge is 2.32. The molecular formula is C12H12ClN3O3. The van der Waals surface area contributed by atoms with Gasteiger partial charge in [-0.05, 0) is 18.6 Å². The number of pyridine rings is 1. The maximum absolute atomic E-state index is 11.9. The van der Waals surface area contributed by atoms with Crippen molar-refractivity contribution >= 4 is 29.3 Å². The number of amides is 3. The van der Waals surface area contributed by atoms with Crippen molar-refractivity contribution in [2.45, 2.75) is 18.9 Å². The molecule has 0 saturated carbocycles. The van der Waals surface area contributed by atoms with E-state index in [4.69, 9.17) is 11.6 Å². The van der Waals surface area contributed by atoms with E-state index in [0.29, 0.717) is 11.4 Å². The lowest BCUT2D eigenvalue weighted by Crippen LogP contribution is -2.53. The minimum Gasteiger partial charge on any atom is -0.339 e. The molecule has 100 valence electrons. The number of halogens is 1. The van der Waals surface area contributed by atoms with Crippen molar-refractivity contribution in [3.05, 3.63) is 29.0 Å². The van der Waals surface area contributed by atoms with Gasteiger partial charge in [-0.3, -0.25) is 24.3 Å². The fourth-order valence-electron chi connectivity index (χ4n) is 1.81. The van der Waals surface area contributed by atoms with E-state index in [2.05, 4.69) is 10.3 Å². The highest BCUT2D eigenvalue weighted by molar-refractivity contribution is 6.30. The van der Waals surface area contributed by atoms with Crippen LogP contribution in [0.1, 0.15) is 23.3 Å². The van der Waals surface area contributed by atoms with Gasteiger partial charge in [0.05, 0.1) is 0 Å². The Morgan fingerprint density at radius 1 is 1.53 bits per heavy atom. The van der Waals surface area contributed by atoms with Crippen LogP contribution in [0, 0.1) is 0 Å². The van der Waals surface area contributed by atoms with Crippen molar-refractivity contribution in [2.24, 2.45) is 0 Å². The molecule has 1 aromatic rings. The Hall–Kier alpha value is -1.95. The number of aromatic nitrogens is 1. The van der Waals surface area contributed by atoms with Crippen molar-refractivity contribution in [3.8, 4) is 0 Å². The minimum absolute atomic E-state index is 0.139. The van der Waals surface area contributed by atoms with Crippen molar-refractivity contribution in [3.63, 3.8) is 0 Å². The van der Waals surface area contributed by atoms with Gasteiger partial charge < -0.3 is 5.32 Å². The van der Waals surface area contributed by atoms with Crippen LogP contribution in [0.3, 0.4) is 0 Å². The number of likely N-dealkylation sites (N-methyl/N-ethyl adjacent to an activating group) is 1. The molecule has 3 amide bonds.